The van der Waals surface area contributed by atoms with Gasteiger partial charge in [-0.1, -0.05) is 6.07 Å². The Kier molecular flexibility index (Phi) is 5.62. The molecule has 1 aromatic rings. The molecule has 0 spiro atoms. The molecule has 1 aliphatic carbocycles. The fourth-order valence-electron chi connectivity index (χ4n) is 2.84. The van der Waals surface area contributed by atoms with Gasteiger partial charge in [0.2, 0.25) is 5.91 Å². The van der Waals surface area contributed by atoms with E-state index in [-0.39, 0.29) is 11.9 Å². The second-order valence-corrected chi connectivity index (χ2v) is 5.91. The smallest absolute Gasteiger partial charge is 0.223 e. The molecular weight excluding hydrogens is 264 g/mol. The maximum Gasteiger partial charge on any atom is 0.223 e. The lowest BCUT2D eigenvalue weighted by molar-refractivity contribution is -0.122. The number of nitrogens with one attached hydrogen (secondary N) is 2. The van der Waals surface area contributed by atoms with E-state index in [1.807, 2.05) is 27.0 Å². The van der Waals surface area contributed by atoms with Gasteiger partial charge in [0.25, 0.3) is 0 Å². The van der Waals surface area contributed by atoms with Gasteiger partial charge in [-0.25, -0.2) is 0 Å². The number of amides is 1. The van der Waals surface area contributed by atoms with E-state index < -0.39 is 0 Å². The van der Waals surface area contributed by atoms with Gasteiger partial charge in [0.1, 0.15) is 5.75 Å². The molecule has 2 rings (SSSR count). The number of carbonyl (C=O) groups is 1. The lowest BCUT2D eigenvalue weighted by Gasteiger charge is -2.25. The summed E-state index contributed by atoms with van der Waals surface area (Å²) in [4.78, 5) is 11.6. The molecule has 1 atom stereocenters. The lowest BCUT2D eigenvalue weighted by Crippen LogP contribution is -2.31. The SMILES string of the molecule is CNC1CCCc2cc(OCCC(=O)NC(C)C)ccc21. The van der Waals surface area contributed by atoms with E-state index in [1.54, 1.807) is 0 Å². The monoisotopic (exact) mass is 290 g/mol. The normalized spacial score (nSPS) is 17.4. The summed E-state index contributed by atoms with van der Waals surface area (Å²) in [6.45, 7) is 4.34. The van der Waals surface area contributed by atoms with Gasteiger partial charge >= 0.3 is 0 Å². The maximum atomic E-state index is 11.6. The first-order valence-corrected chi connectivity index (χ1v) is 7.82. The van der Waals surface area contributed by atoms with Gasteiger partial charge in [-0.05, 0) is 63.4 Å². The number of rotatable bonds is 6. The molecule has 0 bridgehead atoms. The molecule has 1 unspecified atom stereocenters. The van der Waals surface area contributed by atoms with E-state index >= 15 is 0 Å². The van der Waals surface area contributed by atoms with Crippen LogP contribution in [0.4, 0.5) is 0 Å². The number of ether oxygens (including phenoxy) is 1. The first-order valence-electron chi connectivity index (χ1n) is 7.82. The minimum atomic E-state index is 0.0400. The summed E-state index contributed by atoms with van der Waals surface area (Å²) < 4.78 is 5.71. The molecule has 0 aromatic heterocycles. The third-order valence-corrected chi connectivity index (χ3v) is 3.82. The van der Waals surface area contributed by atoms with Crippen LogP contribution in [0.5, 0.6) is 5.75 Å². The van der Waals surface area contributed by atoms with Gasteiger partial charge < -0.3 is 15.4 Å². The predicted molar refractivity (Wildman–Crippen MR) is 84.6 cm³/mol. The number of carbonyl (C=O) groups excluding carboxylic acids is 1. The van der Waals surface area contributed by atoms with E-state index in [9.17, 15) is 4.79 Å². The van der Waals surface area contributed by atoms with E-state index in [4.69, 9.17) is 4.74 Å². The van der Waals surface area contributed by atoms with Crippen LogP contribution in [0.25, 0.3) is 0 Å². The molecule has 0 aliphatic heterocycles. The Morgan fingerprint density at radius 3 is 2.95 bits per heavy atom. The fraction of sp³-hybridized carbons (Fsp3) is 0.588. The molecule has 0 radical (unpaired) electrons. The van der Waals surface area contributed by atoms with Crippen LogP contribution in [-0.2, 0) is 11.2 Å². The van der Waals surface area contributed by atoms with E-state index in [0.29, 0.717) is 19.1 Å². The first-order chi connectivity index (χ1) is 10.1. The van der Waals surface area contributed by atoms with Crippen LogP contribution in [0.3, 0.4) is 0 Å². The minimum absolute atomic E-state index is 0.0400. The Morgan fingerprint density at radius 1 is 1.43 bits per heavy atom. The molecule has 0 heterocycles. The highest BCUT2D eigenvalue weighted by atomic mass is 16.5. The van der Waals surface area contributed by atoms with Crippen LogP contribution >= 0.6 is 0 Å². The van der Waals surface area contributed by atoms with Crippen molar-refractivity contribution in [3.8, 4) is 5.75 Å². The number of aryl methyl sites for hydroxylation is 1. The minimum Gasteiger partial charge on any atom is -0.493 e. The molecule has 0 saturated carbocycles. The highest BCUT2D eigenvalue weighted by Crippen LogP contribution is 2.31. The molecular formula is C17H26N2O2. The number of hydrogen-bond acceptors (Lipinski definition) is 3. The lowest BCUT2D eigenvalue weighted by atomic mass is 9.87. The zero-order valence-corrected chi connectivity index (χ0v) is 13.2. The summed E-state index contributed by atoms with van der Waals surface area (Å²) in [5.74, 6) is 0.904. The van der Waals surface area contributed by atoms with Crippen LogP contribution in [-0.4, -0.2) is 25.6 Å². The van der Waals surface area contributed by atoms with Crippen LogP contribution in [0.15, 0.2) is 18.2 Å². The highest BCUT2D eigenvalue weighted by molar-refractivity contribution is 5.76. The largest absolute Gasteiger partial charge is 0.493 e. The van der Waals surface area contributed by atoms with Gasteiger partial charge in [-0.3, -0.25) is 4.79 Å². The maximum absolute atomic E-state index is 11.6. The van der Waals surface area contributed by atoms with Crippen LogP contribution in [0, 0.1) is 0 Å². The number of benzene rings is 1. The average Bonchev–Trinajstić information content (AvgIpc) is 2.45. The summed E-state index contributed by atoms with van der Waals surface area (Å²) >= 11 is 0. The van der Waals surface area contributed by atoms with Crippen molar-refractivity contribution >= 4 is 5.91 Å². The van der Waals surface area contributed by atoms with Crippen molar-refractivity contribution in [2.75, 3.05) is 13.7 Å². The summed E-state index contributed by atoms with van der Waals surface area (Å²) in [5, 5.41) is 6.23. The Morgan fingerprint density at radius 2 is 2.24 bits per heavy atom. The molecule has 116 valence electrons. The molecule has 1 aromatic carbocycles. The summed E-state index contributed by atoms with van der Waals surface area (Å²) in [6.07, 6.45) is 3.91. The fourth-order valence-corrected chi connectivity index (χ4v) is 2.84. The zero-order valence-electron chi connectivity index (χ0n) is 13.2. The van der Waals surface area contributed by atoms with E-state index in [2.05, 4.69) is 22.8 Å². The topological polar surface area (TPSA) is 50.4 Å². The third kappa shape index (κ3) is 4.46. The summed E-state index contributed by atoms with van der Waals surface area (Å²) in [6, 6.07) is 6.92. The van der Waals surface area contributed by atoms with Crippen LogP contribution in [0.2, 0.25) is 0 Å². The van der Waals surface area contributed by atoms with Gasteiger partial charge in [0, 0.05) is 12.1 Å². The molecule has 21 heavy (non-hydrogen) atoms. The predicted octanol–water partition coefficient (Wildman–Crippen LogP) is 2.58. The molecule has 0 saturated heterocycles. The zero-order chi connectivity index (χ0) is 15.2. The van der Waals surface area contributed by atoms with Crippen LogP contribution in [0.1, 0.15) is 50.3 Å². The molecule has 4 heteroatoms. The summed E-state index contributed by atoms with van der Waals surface area (Å²) in [5.41, 5.74) is 2.75. The van der Waals surface area contributed by atoms with Gasteiger partial charge in [0.05, 0.1) is 13.0 Å². The van der Waals surface area contributed by atoms with Gasteiger partial charge in [-0.2, -0.15) is 0 Å². The number of fused-ring (bicyclic) bond motifs is 1. The van der Waals surface area contributed by atoms with E-state index in [1.165, 1.54) is 24.0 Å². The average molecular weight is 290 g/mol. The van der Waals surface area contributed by atoms with Crippen molar-refractivity contribution in [3.05, 3.63) is 29.3 Å². The van der Waals surface area contributed by atoms with Crippen molar-refractivity contribution in [2.45, 2.75) is 51.6 Å². The van der Waals surface area contributed by atoms with Crippen molar-refractivity contribution in [1.82, 2.24) is 10.6 Å². The standard InChI is InChI=1S/C17H26N2O2/c1-12(2)19-17(20)9-10-21-14-7-8-15-13(11-14)5-4-6-16(15)18-3/h7-8,11-12,16,18H,4-6,9-10H2,1-3H3,(H,19,20). The second-order valence-electron chi connectivity index (χ2n) is 5.91. The molecule has 2 N–H and O–H groups in total. The summed E-state index contributed by atoms with van der Waals surface area (Å²) in [7, 11) is 2.01. The molecule has 4 nitrogen and oxygen atoms in total. The van der Waals surface area contributed by atoms with Crippen LogP contribution < -0.4 is 15.4 Å². The first kappa shape index (κ1) is 15.8. The molecule has 0 fully saturated rings. The Labute approximate surface area is 127 Å². The van der Waals surface area contributed by atoms with Crippen molar-refractivity contribution in [1.29, 1.82) is 0 Å². The quantitative estimate of drug-likeness (QED) is 0.846. The molecule has 1 aliphatic rings. The number of hydrogen-bond donors (Lipinski definition) is 2. The third-order valence-electron chi connectivity index (χ3n) is 3.82. The van der Waals surface area contributed by atoms with Gasteiger partial charge in [-0.15, -0.1) is 0 Å². The van der Waals surface area contributed by atoms with E-state index in [0.717, 1.165) is 12.2 Å². The Bertz CT molecular complexity index is 486. The van der Waals surface area contributed by atoms with Crippen molar-refractivity contribution in [2.24, 2.45) is 0 Å². The Hall–Kier alpha value is -1.55. The second kappa shape index (κ2) is 7.46. The van der Waals surface area contributed by atoms with Crippen molar-refractivity contribution < 1.29 is 9.53 Å². The van der Waals surface area contributed by atoms with Gasteiger partial charge in [0.15, 0.2) is 0 Å². The Balaban J connectivity index is 1.89. The molecule has 1 amide bonds. The highest BCUT2D eigenvalue weighted by Gasteiger charge is 2.18. The van der Waals surface area contributed by atoms with Crippen molar-refractivity contribution in [3.63, 3.8) is 0 Å².